The number of nitrogens with zero attached hydrogens (tertiary/aromatic N) is 3. The van der Waals surface area contributed by atoms with Crippen molar-refractivity contribution in [2.24, 2.45) is 5.92 Å². The Morgan fingerprint density at radius 2 is 1.78 bits per heavy atom. The van der Waals surface area contributed by atoms with Crippen molar-refractivity contribution in [2.75, 3.05) is 18.4 Å². The lowest BCUT2D eigenvalue weighted by molar-refractivity contribution is -0.161. The van der Waals surface area contributed by atoms with E-state index in [0.717, 1.165) is 23.5 Å². The van der Waals surface area contributed by atoms with Crippen molar-refractivity contribution >= 4 is 34.8 Å². The number of hydrogen-bond acceptors (Lipinski definition) is 7. The quantitative estimate of drug-likeness (QED) is 0.472. The number of hydrogen-bond donors (Lipinski definition) is 1. The van der Waals surface area contributed by atoms with E-state index in [1.807, 2.05) is 20.8 Å². The van der Waals surface area contributed by atoms with Crippen LogP contribution < -0.4 is 5.32 Å². The topological polar surface area (TPSA) is 101 Å². The first-order valence-electron chi connectivity index (χ1n) is 11.7. The first kappa shape index (κ1) is 26.3. The van der Waals surface area contributed by atoms with Gasteiger partial charge in [0.2, 0.25) is 0 Å². The number of benzene rings is 1. The minimum Gasteiger partial charge on any atom is -0.460 e. The third-order valence-electron chi connectivity index (χ3n) is 5.74. The van der Waals surface area contributed by atoms with Crippen LogP contribution in [0.25, 0.3) is 10.6 Å². The van der Waals surface area contributed by atoms with E-state index in [0.29, 0.717) is 25.9 Å². The number of amides is 2. The van der Waals surface area contributed by atoms with E-state index in [2.05, 4.69) is 15.3 Å². The Balaban J connectivity index is 1.44. The van der Waals surface area contributed by atoms with E-state index >= 15 is 0 Å². The van der Waals surface area contributed by atoms with Gasteiger partial charge in [-0.25, -0.2) is 13.8 Å². The molecule has 3 aromatic rings. The number of anilines is 1. The van der Waals surface area contributed by atoms with Crippen molar-refractivity contribution < 1.29 is 27.9 Å². The number of carbonyl (C=O) groups is 3. The minimum absolute atomic E-state index is 0.0242. The summed E-state index contributed by atoms with van der Waals surface area (Å²) in [6.45, 7) is 6.17. The summed E-state index contributed by atoms with van der Waals surface area (Å²) < 4.78 is 33.7. The van der Waals surface area contributed by atoms with Gasteiger partial charge in [0.15, 0.2) is 0 Å². The number of thiazole rings is 1. The van der Waals surface area contributed by atoms with Gasteiger partial charge in [0.25, 0.3) is 11.8 Å². The summed E-state index contributed by atoms with van der Waals surface area (Å²) in [7, 11) is 0. The molecule has 8 nitrogen and oxygen atoms in total. The van der Waals surface area contributed by atoms with E-state index < -0.39 is 23.1 Å². The van der Waals surface area contributed by atoms with Gasteiger partial charge in [-0.2, -0.15) is 0 Å². The summed E-state index contributed by atoms with van der Waals surface area (Å²) in [6.07, 6.45) is 3.74. The second kappa shape index (κ2) is 10.7. The average Bonchev–Trinajstić information content (AvgIpc) is 3.33. The molecule has 4 rings (SSSR count). The van der Waals surface area contributed by atoms with Crippen LogP contribution >= 0.6 is 11.3 Å². The molecule has 37 heavy (non-hydrogen) atoms. The molecule has 1 N–H and O–H groups in total. The van der Waals surface area contributed by atoms with Crippen LogP contribution in [0.1, 0.15) is 54.5 Å². The van der Waals surface area contributed by atoms with Crippen molar-refractivity contribution in [1.29, 1.82) is 0 Å². The molecule has 1 fully saturated rings. The van der Waals surface area contributed by atoms with E-state index in [9.17, 15) is 23.2 Å². The molecule has 2 amide bonds. The van der Waals surface area contributed by atoms with Crippen molar-refractivity contribution in [3.8, 4) is 10.6 Å². The molecule has 0 saturated carbocycles. The van der Waals surface area contributed by atoms with E-state index in [-0.39, 0.29) is 45.3 Å². The van der Waals surface area contributed by atoms with Crippen molar-refractivity contribution in [1.82, 2.24) is 14.9 Å². The van der Waals surface area contributed by atoms with Crippen LogP contribution in [-0.2, 0) is 9.53 Å². The lowest BCUT2D eigenvalue weighted by atomic mass is 9.96. The number of nitrogens with one attached hydrogen (secondary N) is 1. The number of piperidine rings is 1. The van der Waals surface area contributed by atoms with Gasteiger partial charge in [0.05, 0.1) is 28.9 Å². The molecule has 11 heteroatoms. The van der Waals surface area contributed by atoms with Crippen LogP contribution in [0.4, 0.5) is 14.5 Å². The van der Waals surface area contributed by atoms with Gasteiger partial charge in [-0.3, -0.25) is 19.4 Å². The first-order valence-corrected chi connectivity index (χ1v) is 12.6. The summed E-state index contributed by atoms with van der Waals surface area (Å²) in [5, 5.41) is 4.04. The van der Waals surface area contributed by atoms with Gasteiger partial charge in [-0.1, -0.05) is 6.07 Å². The number of carbonyl (C=O) groups excluding carboxylic acids is 3. The van der Waals surface area contributed by atoms with Crippen LogP contribution in [0, 0.1) is 17.6 Å². The van der Waals surface area contributed by atoms with Gasteiger partial charge in [0.1, 0.15) is 27.9 Å². The van der Waals surface area contributed by atoms with E-state index in [1.165, 1.54) is 29.9 Å². The number of pyridine rings is 1. The molecule has 2 aromatic heterocycles. The zero-order valence-corrected chi connectivity index (χ0v) is 21.4. The second-order valence-corrected chi connectivity index (χ2v) is 10.5. The predicted octanol–water partition coefficient (Wildman–Crippen LogP) is 4.93. The van der Waals surface area contributed by atoms with Crippen molar-refractivity contribution in [2.45, 2.75) is 39.2 Å². The Hall–Kier alpha value is -3.73. The third-order valence-corrected chi connectivity index (χ3v) is 6.60. The summed E-state index contributed by atoms with van der Waals surface area (Å²) in [4.78, 5) is 48.2. The molecule has 0 radical (unpaired) electrons. The first-order chi connectivity index (χ1) is 17.5. The summed E-state index contributed by atoms with van der Waals surface area (Å²) in [6, 6.07) is 4.97. The van der Waals surface area contributed by atoms with Crippen LogP contribution in [0.3, 0.4) is 0 Å². The molecule has 1 saturated heterocycles. The lowest BCUT2D eigenvalue weighted by Gasteiger charge is -2.32. The highest BCUT2D eigenvalue weighted by molar-refractivity contribution is 7.13. The minimum atomic E-state index is -0.781. The fourth-order valence-corrected chi connectivity index (χ4v) is 4.78. The van der Waals surface area contributed by atoms with Gasteiger partial charge >= 0.3 is 5.97 Å². The van der Waals surface area contributed by atoms with E-state index in [1.54, 1.807) is 4.90 Å². The SMILES string of the molecule is CC(C)(C)OC(=O)C1CCN(C(=O)c2ccncc2NC(=O)c2csc(-c3c(F)cccc3F)n2)CC1. The number of halogens is 2. The maximum Gasteiger partial charge on any atom is 0.309 e. The highest BCUT2D eigenvalue weighted by Gasteiger charge is 2.31. The molecular formula is C26H26F2N4O4S. The monoisotopic (exact) mass is 528 g/mol. The molecule has 1 aliphatic heterocycles. The molecule has 0 unspecified atom stereocenters. The van der Waals surface area contributed by atoms with Crippen LogP contribution in [0.15, 0.2) is 42.0 Å². The third kappa shape index (κ3) is 6.16. The number of ether oxygens (including phenoxy) is 1. The summed E-state index contributed by atoms with van der Waals surface area (Å²) in [5.74, 6) is -3.07. The molecule has 0 atom stereocenters. The number of rotatable bonds is 5. The standard InChI is InChI=1S/C26H26F2N4O4S/c1-26(2,3)36-25(35)15-8-11-32(12-9-15)24(34)16-7-10-29-13-19(16)30-22(33)20-14-37-23(31-20)21-17(27)5-4-6-18(21)28/h4-7,10,13-15H,8-9,11-12H2,1-3H3,(H,30,33). The molecule has 0 bridgehead atoms. The van der Waals surface area contributed by atoms with Gasteiger partial charge in [0, 0.05) is 24.7 Å². The molecule has 0 spiro atoms. The normalized spacial score (nSPS) is 14.4. The van der Waals surface area contributed by atoms with Gasteiger partial charge < -0.3 is 15.0 Å². The largest absolute Gasteiger partial charge is 0.460 e. The lowest BCUT2D eigenvalue weighted by Crippen LogP contribution is -2.42. The number of likely N-dealkylation sites (tertiary alicyclic amines) is 1. The van der Waals surface area contributed by atoms with Crippen LogP contribution in [0.2, 0.25) is 0 Å². The smallest absolute Gasteiger partial charge is 0.309 e. The molecule has 0 aliphatic carbocycles. The maximum absolute atomic E-state index is 14.1. The summed E-state index contributed by atoms with van der Waals surface area (Å²) in [5.41, 5.74) is -0.523. The van der Waals surface area contributed by atoms with Crippen LogP contribution in [-0.4, -0.2) is 51.3 Å². The molecule has 1 aliphatic rings. The Kier molecular flexibility index (Phi) is 7.63. The Morgan fingerprint density at radius 1 is 1.11 bits per heavy atom. The van der Waals surface area contributed by atoms with Crippen molar-refractivity contribution in [3.63, 3.8) is 0 Å². The maximum atomic E-state index is 14.1. The Labute approximate surface area is 216 Å². The fourth-order valence-electron chi connectivity index (χ4n) is 3.94. The number of aromatic nitrogens is 2. The van der Waals surface area contributed by atoms with Gasteiger partial charge in [-0.15, -0.1) is 11.3 Å². The zero-order chi connectivity index (χ0) is 26.7. The Morgan fingerprint density at radius 3 is 2.43 bits per heavy atom. The van der Waals surface area contributed by atoms with Gasteiger partial charge in [-0.05, 0) is 51.8 Å². The number of esters is 1. The van der Waals surface area contributed by atoms with Crippen LogP contribution in [0.5, 0.6) is 0 Å². The summed E-state index contributed by atoms with van der Waals surface area (Å²) >= 11 is 0.928. The molecular weight excluding hydrogens is 502 g/mol. The van der Waals surface area contributed by atoms with E-state index in [4.69, 9.17) is 4.74 Å². The zero-order valence-electron chi connectivity index (χ0n) is 20.6. The fraction of sp³-hybridized carbons (Fsp3) is 0.346. The molecule has 1 aromatic carbocycles. The van der Waals surface area contributed by atoms with Crippen molar-refractivity contribution in [3.05, 3.63) is 64.9 Å². The average molecular weight is 529 g/mol. The Bertz CT molecular complexity index is 1310. The molecule has 194 valence electrons. The predicted molar refractivity (Wildman–Crippen MR) is 134 cm³/mol. The highest BCUT2D eigenvalue weighted by atomic mass is 32.1. The molecule has 3 heterocycles. The highest BCUT2D eigenvalue weighted by Crippen LogP contribution is 2.30. The second-order valence-electron chi connectivity index (χ2n) is 9.61.